The van der Waals surface area contributed by atoms with Gasteiger partial charge in [-0.15, -0.1) is 11.3 Å². The summed E-state index contributed by atoms with van der Waals surface area (Å²) in [6.07, 6.45) is 0.994. The molecule has 0 fully saturated rings. The second-order valence-corrected chi connectivity index (χ2v) is 6.55. The fourth-order valence-electron chi connectivity index (χ4n) is 1.76. The van der Waals surface area contributed by atoms with Crippen LogP contribution in [0.3, 0.4) is 0 Å². The zero-order chi connectivity index (χ0) is 12.2. The van der Waals surface area contributed by atoms with Crippen LogP contribution in [0.25, 0.3) is 0 Å². The molecule has 3 heteroatoms. The second kappa shape index (κ2) is 5.80. The first kappa shape index (κ1) is 13.7. The predicted octanol–water partition coefficient (Wildman–Crippen LogP) is 2.94. The highest BCUT2D eigenvalue weighted by molar-refractivity contribution is 7.10. The van der Waals surface area contributed by atoms with Gasteiger partial charge in [-0.25, -0.2) is 0 Å². The van der Waals surface area contributed by atoms with E-state index in [0.29, 0.717) is 0 Å². The van der Waals surface area contributed by atoms with Crippen LogP contribution >= 0.6 is 11.3 Å². The van der Waals surface area contributed by atoms with Gasteiger partial charge in [0.05, 0.1) is 6.61 Å². The molecule has 1 aromatic heterocycles. The van der Waals surface area contributed by atoms with Crippen molar-refractivity contribution in [1.82, 2.24) is 5.32 Å². The van der Waals surface area contributed by atoms with Gasteiger partial charge in [0.25, 0.3) is 0 Å². The largest absolute Gasteiger partial charge is 0.395 e. The first-order valence-electron chi connectivity index (χ1n) is 5.79. The van der Waals surface area contributed by atoms with Gasteiger partial charge in [-0.2, -0.15) is 0 Å². The fourth-order valence-corrected chi connectivity index (χ4v) is 2.62. The molecule has 0 aromatic carbocycles. The number of nitrogens with one attached hydrogen (secondary N) is 1. The van der Waals surface area contributed by atoms with Gasteiger partial charge in [0.2, 0.25) is 0 Å². The molecule has 0 aliphatic rings. The topological polar surface area (TPSA) is 32.3 Å². The molecular formula is C13H23NOS. The quantitative estimate of drug-likeness (QED) is 0.830. The van der Waals surface area contributed by atoms with Crippen LogP contribution < -0.4 is 5.32 Å². The highest BCUT2D eigenvalue weighted by Gasteiger charge is 2.17. The molecule has 92 valence electrons. The minimum Gasteiger partial charge on any atom is -0.395 e. The molecule has 0 bridgehead atoms. The first-order valence-corrected chi connectivity index (χ1v) is 6.67. The SMILES string of the molecule is Cc1ccsc1CNC(CO)CC(C)(C)C. The summed E-state index contributed by atoms with van der Waals surface area (Å²) < 4.78 is 0. The fraction of sp³-hybridized carbons (Fsp3) is 0.692. The summed E-state index contributed by atoms with van der Waals surface area (Å²) in [7, 11) is 0. The first-order chi connectivity index (χ1) is 7.42. The molecule has 1 unspecified atom stereocenters. The molecule has 2 nitrogen and oxygen atoms in total. The predicted molar refractivity (Wildman–Crippen MR) is 70.8 cm³/mol. The molecule has 1 atom stereocenters. The molecule has 1 aromatic rings. The molecule has 0 spiro atoms. The minimum absolute atomic E-state index is 0.196. The molecule has 0 saturated heterocycles. The average molecular weight is 241 g/mol. The normalized spacial score (nSPS) is 14.1. The molecule has 0 radical (unpaired) electrons. The molecule has 1 rings (SSSR count). The van der Waals surface area contributed by atoms with Crippen molar-refractivity contribution in [3.63, 3.8) is 0 Å². The van der Waals surface area contributed by atoms with Gasteiger partial charge in [-0.05, 0) is 35.8 Å². The van der Waals surface area contributed by atoms with Gasteiger partial charge in [0.15, 0.2) is 0 Å². The number of hydrogen-bond acceptors (Lipinski definition) is 3. The lowest BCUT2D eigenvalue weighted by Gasteiger charge is -2.25. The van der Waals surface area contributed by atoms with Crippen LogP contribution in [0.5, 0.6) is 0 Å². The highest BCUT2D eigenvalue weighted by Crippen LogP contribution is 2.21. The lowest BCUT2D eigenvalue weighted by atomic mass is 9.88. The number of aryl methyl sites for hydroxylation is 1. The van der Waals surface area contributed by atoms with Gasteiger partial charge in [0.1, 0.15) is 0 Å². The summed E-state index contributed by atoms with van der Waals surface area (Å²) in [6.45, 7) is 9.81. The molecule has 0 saturated carbocycles. The Bertz CT molecular complexity index is 314. The van der Waals surface area contributed by atoms with Gasteiger partial charge < -0.3 is 10.4 Å². The van der Waals surface area contributed by atoms with E-state index < -0.39 is 0 Å². The van der Waals surface area contributed by atoms with Crippen molar-refractivity contribution < 1.29 is 5.11 Å². The number of aliphatic hydroxyl groups excluding tert-OH is 1. The van der Waals surface area contributed by atoms with Crippen molar-refractivity contribution >= 4 is 11.3 Å². The third-order valence-corrected chi connectivity index (χ3v) is 3.62. The Morgan fingerprint density at radius 2 is 2.12 bits per heavy atom. The molecular weight excluding hydrogens is 218 g/mol. The Hall–Kier alpha value is -0.380. The summed E-state index contributed by atoms with van der Waals surface area (Å²) in [5, 5.41) is 14.9. The van der Waals surface area contributed by atoms with Gasteiger partial charge >= 0.3 is 0 Å². The Labute approximate surface area is 103 Å². The monoisotopic (exact) mass is 241 g/mol. The third-order valence-electron chi connectivity index (χ3n) is 2.60. The van der Waals surface area contributed by atoms with Crippen LogP contribution in [0.15, 0.2) is 11.4 Å². The smallest absolute Gasteiger partial charge is 0.0584 e. The van der Waals surface area contributed by atoms with Crippen LogP contribution in [0.1, 0.15) is 37.6 Å². The van der Waals surface area contributed by atoms with Crippen molar-refractivity contribution in [3.05, 3.63) is 21.9 Å². The van der Waals surface area contributed by atoms with Gasteiger partial charge in [-0.3, -0.25) is 0 Å². The van der Waals surface area contributed by atoms with Crippen LogP contribution in [0.2, 0.25) is 0 Å². The van der Waals surface area contributed by atoms with E-state index in [2.05, 4.69) is 44.5 Å². The van der Waals surface area contributed by atoms with E-state index >= 15 is 0 Å². The molecule has 0 aliphatic carbocycles. The Morgan fingerprint density at radius 3 is 2.56 bits per heavy atom. The molecule has 16 heavy (non-hydrogen) atoms. The Balaban J connectivity index is 2.43. The van der Waals surface area contributed by atoms with Crippen molar-refractivity contribution in [3.8, 4) is 0 Å². The molecule has 0 aliphatic heterocycles. The van der Waals surface area contributed by atoms with E-state index in [4.69, 9.17) is 0 Å². The maximum atomic E-state index is 9.33. The standard InChI is InChI=1S/C13H23NOS/c1-10-5-6-16-12(10)8-14-11(9-15)7-13(2,3)4/h5-6,11,14-15H,7-9H2,1-4H3. The van der Waals surface area contributed by atoms with Crippen LogP contribution in [0.4, 0.5) is 0 Å². The minimum atomic E-state index is 0.196. The molecule has 0 amide bonds. The summed E-state index contributed by atoms with van der Waals surface area (Å²) in [5.41, 5.74) is 1.59. The number of aliphatic hydroxyl groups is 1. The summed E-state index contributed by atoms with van der Waals surface area (Å²) in [6, 6.07) is 2.33. The van der Waals surface area contributed by atoms with Crippen LogP contribution in [0, 0.1) is 12.3 Å². The van der Waals surface area contributed by atoms with Crippen molar-refractivity contribution in [1.29, 1.82) is 0 Å². The van der Waals surface area contributed by atoms with E-state index in [1.165, 1.54) is 10.4 Å². The van der Waals surface area contributed by atoms with Gasteiger partial charge in [0, 0.05) is 17.5 Å². The lowest BCUT2D eigenvalue weighted by Crippen LogP contribution is -2.35. The number of thiophene rings is 1. The van der Waals surface area contributed by atoms with Crippen molar-refractivity contribution in [2.45, 2.75) is 46.7 Å². The zero-order valence-corrected chi connectivity index (χ0v) is 11.5. The lowest BCUT2D eigenvalue weighted by molar-refractivity contribution is 0.198. The molecule has 2 N–H and O–H groups in total. The summed E-state index contributed by atoms with van der Waals surface area (Å²) >= 11 is 1.78. The van der Waals surface area contributed by atoms with Crippen molar-refractivity contribution in [2.24, 2.45) is 5.41 Å². The van der Waals surface area contributed by atoms with Crippen LogP contribution in [-0.2, 0) is 6.54 Å². The second-order valence-electron chi connectivity index (χ2n) is 5.55. The maximum Gasteiger partial charge on any atom is 0.0584 e. The van der Waals surface area contributed by atoms with Crippen LogP contribution in [-0.4, -0.2) is 17.8 Å². The van der Waals surface area contributed by atoms with Crippen molar-refractivity contribution in [2.75, 3.05) is 6.61 Å². The number of rotatable bonds is 5. The van der Waals surface area contributed by atoms with E-state index in [0.717, 1.165) is 13.0 Å². The summed E-state index contributed by atoms with van der Waals surface area (Å²) in [5.74, 6) is 0. The van der Waals surface area contributed by atoms with E-state index in [1.807, 2.05) is 0 Å². The highest BCUT2D eigenvalue weighted by atomic mass is 32.1. The number of hydrogen-bond donors (Lipinski definition) is 2. The molecule has 1 heterocycles. The van der Waals surface area contributed by atoms with Gasteiger partial charge in [-0.1, -0.05) is 20.8 Å². The zero-order valence-electron chi connectivity index (χ0n) is 10.7. The third kappa shape index (κ3) is 4.64. The Morgan fingerprint density at radius 1 is 1.44 bits per heavy atom. The summed E-state index contributed by atoms with van der Waals surface area (Å²) in [4.78, 5) is 1.37. The van der Waals surface area contributed by atoms with E-state index in [-0.39, 0.29) is 18.1 Å². The van der Waals surface area contributed by atoms with E-state index in [9.17, 15) is 5.11 Å². The van der Waals surface area contributed by atoms with E-state index in [1.54, 1.807) is 11.3 Å². The average Bonchev–Trinajstić information content (AvgIpc) is 2.57. The maximum absolute atomic E-state index is 9.33. The Kier molecular flexibility index (Phi) is 4.96.